The predicted octanol–water partition coefficient (Wildman–Crippen LogP) is 4.48. The van der Waals surface area contributed by atoms with Crippen LogP contribution in [0, 0.1) is 12.7 Å². The Morgan fingerprint density at radius 2 is 1.84 bits per heavy atom. The lowest BCUT2D eigenvalue weighted by atomic mass is 10.0. The molecule has 6 nitrogen and oxygen atoms in total. The molecule has 0 atom stereocenters. The zero-order chi connectivity index (χ0) is 22.8. The highest BCUT2D eigenvalue weighted by atomic mass is 79.9. The van der Waals surface area contributed by atoms with Gasteiger partial charge in [-0.15, -0.1) is 0 Å². The number of aromatic nitrogens is 2. The fraction of sp³-hybridized carbons (Fsp3) is 0.0833. The molecule has 0 aliphatic rings. The van der Waals surface area contributed by atoms with Crippen molar-refractivity contribution in [2.75, 3.05) is 5.32 Å². The van der Waals surface area contributed by atoms with Crippen LogP contribution in [0.4, 0.5) is 10.1 Å². The summed E-state index contributed by atoms with van der Waals surface area (Å²) < 4.78 is 15.6. The Kier molecular flexibility index (Phi) is 5.96. The lowest BCUT2D eigenvalue weighted by Gasteiger charge is -2.13. The van der Waals surface area contributed by atoms with Crippen LogP contribution < -0.4 is 10.7 Å². The van der Waals surface area contributed by atoms with Crippen LogP contribution in [0.15, 0.2) is 76.1 Å². The van der Waals surface area contributed by atoms with E-state index in [1.165, 1.54) is 22.9 Å². The first-order valence-corrected chi connectivity index (χ1v) is 10.5. The molecule has 1 N–H and O–H groups in total. The van der Waals surface area contributed by atoms with Crippen molar-refractivity contribution in [2.24, 2.45) is 0 Å². The molecule has 0 fully saturated rings. The van der Waals surface area contributed by atoms with Gasteiger partial charge in [-0.2, -0.15) is 0 Å². The van der Waals surface area contributed by atoms with Crippen molar-refractivity contribution in [3.05, 3.63) is 104 Å². The Bertz CT molecular complexity index is 1410. The van der Waals surface area contributed by atoms with E-state index in [9.17, 15) is 18.8 Å². The third-order valence-electron chi connectivity index (χ3n) is 4.83. The molecule has 160 valence electrons. The summed E-state index contributed by atoms with van der Waals surface area (Å²) in [5.74, 6) is -1.39. The van der Waals surface area contributed by atoms with E-state index in [1.807, 2.05) is 6.07 Å². The first-order valence-electron chi connectivity index (χ1n) is 9.68. The number of aryl methyl sites for hydroxylation is 1. The third-order valence-corrected chi connectivity index (χ3v) is 5.33. The molecule has 32 heavy (non-hydrogen) atoms. The fourth-order valence-electron chi connectivity index (χ4n) is 3.32. The number of benzene rings is 2. The molecule has 4 rings (SSSR count). The molecule has 4 aromatic rings. The molecule has 0 radical (unpaired) electrons. The SMILES string of the molecule is Cc1ccc2c(=O)c(C(=O)c3ccc(F)cc3)cn(CC(=O)Nc3cccc(Br)c3)c2n1. The maximum atomic E-state index is 13.3. The number of nitrogens with zero attached hydrogens (tertiary/aromatic N) is 2. The van der Waals surface area contributed by atoms with Gasteiger partial charge in [0, 0.05) is 27.6 Å². The average Bonchev–Trinajstić information content (AvgIpc) is 2.75. The number of hydrogen-bond acceptors (Lipinski definition) is 4. The predicted molar refractivity (Wildman–Crippen MR) is 123 cm³/mol. The van der Waals surface area contributed by atoms with Crippen molar-refractivity contribution in [2.45, 2.75) is 13.5 Å². The van der Waals surface area contributed by atoms with E-state index in [4.69, 9.17) is 0 Å². The van der Waals surface area contributed by atoms with Crippen LogP contribution in [-0.4, -0.2) is 21.2 Å². The van der Waals surface area contributed by atoms with Gasteiger partial charge >= 0.3 is 0 Å². The Morgan fingerprint density at radius 3 is 2.56 bits per heavy atom. The molecule has 2 heterocycles. The van der Waals surface area contributed by atoms with E-state index in [0.29, 0.717) is 17.0 Å². The van der Waals surface area contributed by atoms with Crippen molar-refractivity contribution >= 4 is 44.3 Å². The Morgan fingerprint density at radius 1 is 1.09 bits per heavy atom. The van der Waals surface area contributed by atoms with Crippen LogP contribution in [0.2, 0.25) is 0 Å². The number of ketones is 1. The summed E-state index contributed by atoms with van der Waals surface area (Å²) >= 11 is 3.36. The molecule has 0 unspecified atom stereocenters. The summed E-state index contributed by atoms with van der Waals surface area (Å²) in [6, 6.07) is 15.3. The fourth-order valence-corrected chi connectivity index (χ4v) is 3.72. The quantitative estimate of drug-likeness (QED) is 0.415. The number of halogens is 2. The van der Waals surface area contributed by atoms with E-state index < -0.39 is 17.0 Å². The molecule has 2 aromatic carbocycles. The van der Waals surface area contributed by atoms with Crippen LogP contribution >= 0.6 is 15.9 Å². The number of nitrogens with one attached hydrogen (secondary N) is 1. The summed E-state index contributed by atoms with van der Waals surface area (Å²) in [5.41, 5.74) is 1.12. The molecule has 1 amide bonds. The summed E-state index contributed by atoms with van der Waals surface area (Å²) in [6.07, 6.45) is 1.34. The number of fused-ring (bicyclic) bond motifs is 1. The van der Waals surface area contributed by atoms with Gasteiger partial charge in [0.15, 0.2) is 5.78 Å². The molecule has 8 heteroatoms. The molecular formula is C24H17BrFN3O3. The van der Waals surface area contributed by atoms with Gasteiger partial charge in [0.05, 0.1) is 10.9 Å². The van der Waals surface area contributed by atoms with E-state index in [-0.39, 0.29) is 29.0 Å². The third kappa shape index (κ3) is 4.50. The van der Waals surface area contributed by atoms with Gasteiger partial charge in [-0.05, 0) is 61.5 Å². The minimum absolute atomic E-state index is 0.120. The molecule has 0 spiro atoms. The monoisotopic (exact) mass is 493 g/mol. The number of carbonyl (C=O) groups excluding carboxylic acids is 2. The second kappa shape index (κ2) is 8.84. The summed E-state index contributed by atoms with van der Waals surface area (Å²) in [4.78, 5) is 43.2. The van der Waals surface area contributed by atoms with Crippen LogP contribution in [0.3, 0.4) is 0 Å². The Balaban J connectivity index is 1.76. The zero-order valence-electron chi connectivity index (χ0n) is 16.9. The van der Waals surface area contributed by atoms with Gasteiger partial charge in [0.25, 0.3) is 0 Å². The number of pyridine rings is 2. The van der Waals surface area contributed by atoms with Crippen molar-refractivity contribution in [3.8, 4) is 0 Å². The van der Waals surface area contributed by atoms with Gasteiger partial charge in [0.2, 0.25) is 11.3 Å². The zero-order valence-corrected chi connectivity index (χ0v) is 18.5. The number of amides is 1. The molecular weight excluding hydrogens is 477 g/mol. The lowest BCUT2D eigenvalue weighted by molar-refractivity contribution is -0.116. The minimum Gasteiger partial charge on any atom is -0.324 e. The number of carbonyl (C=O) groups is 2. The van der Waals surface area contributed by atoms with Crippen molar-refractivity contribution < 1.29 is 14.0 Å². The van der Waals surface area contributed by atoms with Gasteiger partial charge in [-0.1, -0.05) is 22.0 Å². The number of rotatable bonds is 5. The smallest absolute Gasteiger partial charge is 0.244 e. The highest BCUT2D eigenvalue weighted by molar-refractivity contribution is 9.10. The summed E-state index contributed by atoms with van der Waals surface area (Å²) in [7, 11) is 0. The number of hydrogen-bond donors (Lipinski definition) is 1. The van der Waals surface area contributed by atoms with E-state index in [1.54, 1.807) is 37.3 Å². The first-order chi connectivity index (χ1) is 15.3. The molecule has 0 saturated carbocycles. The standard InChI is InChI=1S/C24H17BrFN3O3/c1-14-5-10-19-23(32)20(22(31)15-6-8-17(26)9-7-15)12-29(24(19)27-14)13-21(30)28-18-4-2-3-16(25)11-18/h2-12H,13H2,1H3,(H,28,30). The minimum atomic E-state index is -0.557. The van der Waals surface area contributed by atoms with Crippen LogP contribution in [0.1, 0.15) is 21.6 Å². The average molecular weight is 494 g/mol. The second-order valence-electron chi connectivity index (χ2n) is 7.22. The molecule has 2 aromatic heterocycles. The maximum absolute atomic E-state index is 13.3. The van der Waals surface area contributed by atoms with Crippen molar-refractivity contribution in [3.63, 3.8) is 0 Å². The van der Waals surface area contributed by atoms with Crippen molar-refractivity contribution in [1.82, 2.24) is 9.55 Å². The van der Waals surface area contributed by atoms with Gasteiger partial charge in [0.1, 0.15) is 18.0 Å². The Labute approximate surface area is 190 Å². The largest absolute Gasteiger partial charge is 0.324 e. The van der Waals surface area contributed by atoms with Gasteiger partial charge < -0.3 is 9.88 Å². The van der Waals surface area contributed by atoms with Gasteiger partial charge in [-0.3, -0.25) is 14.4 Å². The van der Waals surface area contributed by atoms with Crippen LogP contribution in [0.25, 0.3) is 11.0 Å². The summed E-state index contributed by atoms with van der Waals surface area (Å²) in [5, 5.41) is 3.01. The maximum Gasteiger partial charge on any atom is 0.244 e. The van der Waals surface area contributed by atoms with E-state index in [2.05, 4.69) is 26.2 Å². The van der Waals surface area contributed by atoms with Crippen molar-refractivity contribution in [1.29, 1.82) is 0 Å². The topological polar surface area (TPSA) is 81.1 Å². The molecule has 0 saturated heterocycles. The first kappa shape index (κ1) is 21.6. The highest BCUT2D eigenvalue weighted by Gasteiger charge is 2.19. The van der Waals surface area contributed by atoms with Crippen LogP contribution in [0.5, 0.6) is 0 Å². The summed E-state index contributed by atoms with van der Waals surface area (Å²) in [6.45, 7) is 1.61. The highest BCUT2D eigenvalue weighted by Crippen LogP contribution is 2.17. The normalized spacial score (nSPS) is 10.8. The van der Waals surface area contributed by atoms with E-state index >= 15 is 0 Å². The lowest BCUT2D eigenvalue weighted by Crippen LogP contribution is -2.25. The molecule has 0 bridgehead atoms. The van der Waals surface area contributed by atoms with Gasteiger partial charge in [-0.25, -0.2) is 9.37 Å². The van der Waals surface area contributed by atoms with Crippen LogP contribution in [-0.2, 0) is 11.3 Å². The second-order valence-corrected chi connectivity index (χ2v) is 8.13. The molecule has 0 aliphatic heterocycles. The molecule has 0 aliphatic carbocycles. The number of anilines is 1. The van der Waals surface area contributed by atoms with E-state index in [0.717, 1.165) is 16.6 Å². The Hall–Kier alpha value is -3.65.